The molecular formula is C8H15O2. The summed E-state index contributed by atoms with van der Waals surface area (Å²) < 4.78 is 5.26. The lowest BCUT2D eigenvalue weighted by atomic mass is 10.3. The zero-order valence-corrected chi connectivity index (χ0v) is 6.72. The molecule has 0 aliphatic rings. The molecule has 0 aliphatic heterocycles. The van der Waals surface area contributed by atoms with E-state index < -0.39 is 0 Å². The van der Waals surface area contributed by atoms with Crippen molar-refractivity contribution in [1.29, 1.82) is 0 Å². The topological polar surface area (TPSA) is 26.3 Å². The van der Waals surface area contributed by atoms with Gasteiger partial charge in [-0.1, -0.05) is 13.3 Å². The van der Waals surface area contributed by atoms with E-state index in [0.29, 0.717) is 6.42 Å². The minimum atomic E-state index is 0.0454. The van der Waals surface area contributed by atoms with Gasteiger partial charge in [-0.2, -0.15) is 0 Å². The Hall–Kier alpha value is -0.370. The van der Waals surface area contributed by atoms with Crippen LogP contribution < -0.4 is 0 Å². The lowest BCUT2D eigenvalue weighted by molar-refractivity contribution is 0.0686. The highest BCUT2D eigenvalue weighted by Crippen LogP contribution is 1.96. The van der Waals surface area contributed by atoms with Gasteiger partial charge in [0.05, 0.1) is 6.10 Å². The van der Waals surface area contributed by atoms with Gasteiger partial charge in [0.25, 0.3) is 0 Å². The smallest absolute Gasteiger partial charge is 0.201 e. The summed E-state index contributed by atoms with van der Waals surface area (Å²) >= 11 is 0. The van der Waals surface area contributed by atoms with E-state index in [4.69, 9.17) is 4.74 Å². The minimum absolute atomic E-state index is 0.0454. The van der Waals surface area contributed by atoms with Crippen molar-refractivity contribution in [2.45, 2.75) is 39.2 Å². The van der Waals surface area contributed by atoms with Gasteiger partial charge in [-0.3, -0.25) is 4.79 Å². The maximum Gasteiger partial charge on any atom is 0.201 e. The molecule has 0 N–H and O–H groups in total. The molecule has 59 valence electrons. The van der Waals surface area contributed by atoms with E-state index in [0.717, 1.165) is 19.4 Å². The molecule has 0 saturated heterocycles. The Morgan fingerprint density at radius 3 is 2.80 bits per heavy atom. The molecule has 2 heteroatoms. The SMILES string of the molecule is CCCCOC(C)C[C]=O. The lowest BCUT2D eigenvalue weighted by Crippen LogP contribution is -2.09. The Kier molecular flexibility index (Phi) is 6.50. The Morgan fingerprint density at radius 2 is 2.30 bits per heavy atom. The van der Waals surface area contributed by atoms with Gasteiger partial charge in [-0.05, 0) is 13.3 Å². The molecule has 1 unspecified atom stereocenters. The van der Waals surface area contributed by atoms with Crippen LogP contribution in [0.4, 0.5) is 0 Å². The van der Waals surface area contributed by atoms with E-state index >= 15 is 0 Å². The maximum atomic E-state index is 9.84. The first-order valence-electron chi connectivity index (χ1n) is 3.77. The molecular weight excluding hydrogens is 128 g/mol. The lowest BCUT2D eigenvalue weighted by Gasteiger charge is -2.07. The summed E-state index contributed by atoms with van der Waals surface area (Å²) in [5, 5.41) is 0. The number of hydrogen-bond acceptors (Lipinski definition) is 2. The van der Waals surface area contributed by atoms with Gasteiger partial charge in [0, 0.05) is 13.0 Å². The first kappa shape index (κ1) is 9.63. The summed E-state index contributed by atoms with van der Waals surface area (Å²) in [6, 6.07) is 0. The van der Waals surface area contributed by atoms with Crippen molar-refractivity contribution in [3.8, 4) is 0 Å². The molecule has 0 rings (SSSR count). The molecule has 1 atom stereocenters. The zero-order valence-electron chi connectivity index (χ0n) is 6.72. The van der Waals surface area contributed by atoms with Crippen LogP contribution in [0.2, 0.25) is 0 Å². The molecule has 0 saturated carbocycles. The van der Waals surface area contributed by atoms with Crippen LogP contribution in [0, 0.1) is 0 Å². The fourth-order valence-corrected chi connectivity index (χ4v) is 0.605. The molecule has 2 nitrogen and oxygen atoms in total. The standard InChI is InChI=1S/C8H15O2/c1-3-4-7-10-8(2)5-6-9/h8H,3-5,7H2,1-2H3. The van der Waals surface area contributed by atoms with Gasteiger partial charge in [0.15, 0.2) is 0 Å². The van der Waals surface area contributed by atoms with Crippen LogP contribution in [-0.4, -0.2) is 19.0 Å². The average molecular weight is 143 g/mol. The van der Waals surface area contributed by atoms with E-state index in [9.17, 15) is 4.79 Å². The van der Waals surface area contributed by atoms with Crippen LogP contribution in [0.5, 0.6) is 0 Å². The molecule has 10 heavy (non-hydrogen) atoms. The average Bonchev–Trinajstić information content (AvgIpc) is 1.89. The summed E-state index contributed by atoms with van der Waals surface area (Å²) in [5.41, 5.74) is 0. The van der Waals surface area contributed by atoms with E-state index in [2.05, 4.69) is 6.92 Å². The van der Waals surface area contributed by atoms with E-state index in [1.807, 2.05) is 13.2 Å². The van der Waals surface area contributed by atoms with Crippen molar-refractivity contribution >= 4 is 6.29 Å². The van der Waals surface area contributed by atoms with E-state index in [-0.39, 0.29) is 6.10 Å². The normalized spacial score (nSPS) is 13.0. The summed E-state index contributed by atoms with van der Waals surface area (Å²) in [4.78, 5) is 9.84. The van der Waals surface area contributed by atoms with Crippen molar-refractivity contribution in [3.63, 3.8) is 0 Å². The van der Waals surface area contributed by atoms with E-state index in [1.54, 1.807) is 0 Å². The van der Waals surface area contributed by atoms with Crippen LogP contribution in [0.15, 0.2) is 0 Å². The molecule has 0 aliphatic carbocycles. The molecule has 0 aromatic heterocycles. The monoisotopic (exact) mass is 143 g/mol. The molecule has 0 aromatic rings. The largest absolute Gasteiger partial charge is 0.378 e. The number of carbonyl (C=O) groups excluding carboxylic acids is 1. The first-order valence-corrected chi connectivity index (χ1v) is 3.77. The summed E-state index contributed by atoms with van der Waals surface area (Å²) in [6.07, 6.45) is 4.47. The van der Waals surface area contributed by atoms with Gasteiger partial charge in [0.1, 0.15) is 0 Å². The van der Waals surface area contributed by atoms with Gasteiger partial charge in [0.2, 0.25) is 6.29 Å². The van der Waals surface area contributed by atoms with Crippen LogP contribution in [-0.2, 0) is 9.53 Å². The molecule has 1 radical (unpaired) electrons. The second-order valence-corrected chi connectivity index (χ2v) is 2.38. The Morgan fingerprint density at radius 1 is 1.60 bits per heavy atom. The Bertz CT molecular complexity index is 81.3. The van der Waals surface area contributed by atoms with E-state index in [1.165, 1.54) is 0 Å². The third-order valence-electron chi connectivity index (χ3n) is 1.27. The molecule has 0 fully saturated rings. The fourth-order valence-electron chi connectivity index (χ4n) is 0.605. The van der Waals surface area contributed by atoms with Gasteiger partial charge in [-0.15, -0.1) is 0 Å². The number of hydrogen-bond donors (Lipinski definition) is 0. The predicted octanol–water partition coefficient (Wildman–Crippen LogP) is 1.69. The quantitative estimate of drug-likeness (QED) is 0.529. The zero-order chi connectivity index (χ0) is 7.82. The molecule has 0 heterocycles. The predicted molar refractivity (Wildman–Crippen MR) is 40.6 cm³/mol. The minimum Gasteiger partial charge on any atom is -0.378 e. The summed E-state index contributed by atoms with van der Waals surface area (Å²) in [6.45, 7) is 4.76. The maximum absolute atomic E-state index is 9.84. The highest BCUT2D eigenvalue weighted by molar-refractivity contribution is 5.50. The number of ether oxygens (including phenoxy) is 1. The van der Waals surface area contributed by atoms with Crippen molar-refractivity contribution < 1.29 is 9.53 Å². The number of rotatable bonds is 6. The van der Waals surface area contributed by atoms with Gasteiger partial charge in [-0.25, -0.2) is 0 Å². The van der Waals surface area contributed by atoms with Crippen LogP contribution in [0.3, 0.4) is 0 Å². The third kappa shape index (κ3) is 5.76. The van der Waals surface area contributed by atoms with Crippen molar-refractivity contribution in [2.24, 2.45) is 0 Å². The van der Waals surface area contributed by atoms with Crippen molar-refractivity contribution in [1.82, 2.24) is 0 Å². The first-order chi connectivity index (χ1) is 4.81. The summed E-state index contributed by atoms with van der Waals surface area (Å²) in [7, 11) is 0. The molecule has 0 amide bonds. The second-order valence-electron chi connectivity index (χ2n) is 2.38. The van der Waals surface area contributed by atoms with Crippen molar-refractivity contribution in [3.05, 3.63) is 0 Å². The third-order valence-corrected chi connectivity index (χ3v) is 1.27. The Labute approximate surface area is 62.6 Å². The van der Waals surface area contributed by atoms with Crippen molar-refractivity contribution in [2.75, 3.05) is 6.61 Å². The van der Waals surface area contributed by atoms with Crippen LogP contribution >= 0.6 is 0 Å². The number of unbranched alkanes of at least 4 members (excludes halogenated alkanes) is 1. The second kappa shape index (κ2) is 6.75. The Balaban J connectivity index is 3.04. The van der Waals surface area contributed by atoms with Crippen LogP contribution in [0.1, 0.15) is 33.1 Å². The molecule has 0 spiro atoms. The molecule has 0 aromatic carbocycles. The fraction of sp³-hybridized carbons (Fsp3) is 0.875. The molecule has 0 bridgehead atoms. The highest BCUT2D eigenvalue weighted by Gasteiger charge is 1.99. The highest BCUT2D eigenvalue weighted by atomic mass is 16.5. The van der Waals surface area contributed by atoms with Crippen LogP contribution in [0.25, 0.3) is 0 Å². The van der Waals surface area contributed by atoms with Gasteiger partial charge >= 0.3 is 0 Å². The summed E-state index contributed by atoms with van der Waals surface area (Å²) in [5.74, 6) is 0. The van der Waals surface area contributed by atoms with Gasteiger partial charge < -0.3 is 4.74 Å².